The van der Waals surface area contributed by atoms with Crippen LogP contribution in [0.4, 0.5) is 0 Å². The lowest BCUT2D eigenvalue weighted by Gasteiger charge is -1.99. The Labute approximate surface area is 72.8 Å². The molecular formula is C6H13BrO2S. The minimum atomic E-state index is -1.60. The minimum absolute atomic E-state index is 0.416. The maximum Gasteiger partial charge on any atom is 0.152 e. The highest BCUT2D eigenvalue weighted by Gasteiger charge is 1.97. The van der Waals surface area contributed by atoms with Gasteiger partial charge in [-0.2, -0.15) is 0 Å². The average Bonchev–Trinajstić information content (AvgIpc) is 1.79. The maximum atomic E-state index is 10.1. The normalized spacial score (nSPS) is 16.7. The lowest BCUT2D eigenvalue weighted by molar-refractivity contribution is 0.559. The van der Waals surface area contributed by atoms with Gasteiger partial charge < -0.3 is 4.55 Å². The summed E-state index contributed by atoms with van der Waals surface area (Å²) >= 11 is 1.81. The third kappa shape index (κ3) is 8.59. The highest BCUT2D eigenvalue weighted by molar-refractivity contribution is 9.09. The van der Waals surface area contributed by atoms with Crippen molar-refractivity contribution in [1.29, 1.82) is 0 Å². The van der Waals surface area contributed by atoms with E-state index in [4.69, 9.17) is 4.55 Å². The maximum absolute atomic E-state index is 10.1. The Morgan fingerprint density at radius 3 is 2.60 bits per heavy atom. The average molecular weight is 229 g/mol. The molecule has 0 aliphatic carbocycles. The summed E-state index contributed by atoms with van der Waals surface area (Å²) in [6.07, 6.45) is 2.95. The van der Waals surface area contributed by atoms with Gasteiger partial charge in [0.25, 0.3) is 0 Å². The lowest BCUT2D eigenvalue weighted by atomic mass is 10.2. The molecule has 10 heavy (non-hydrogen) atoms. The molecule has 0 aromatic heterocycles. The van der Waals surface area contributed by atoms with Crippen LogP contribution in [0.3, 0.4) is 0 Å². The summed E-state index contributed by atoms with van der Waals surface area (Å²) in [7, 11) is 0. The van der Waals surface area contributed by atoms with Crippen LogP contribution >= 0.6 is 15.9 Å². The smallest absolute Gasteiger partial charge is 0.152 e. The highest BCUT2D eigenvalue weighted by Crippen LogP contribution is 2.08. The van der Waals surface area contributed by atoms with Crippen molar-refractivity contribution in [2.45, 2.75) is 31.0 Å². The Kier molecular flexibility index (Phi) is 6.68. The summed E-state index contributed by atoms with van der Waals surface area (Å²) in [4.78, 5) is 0.527. The first-order valence-electron chi connectivity index (χ1n) is 3.34. The van der Waals surface area contributed by atoms with Crippen LogP contribution in [-0.2, 0) is 11.1 Å². The first-order chi connectivity index (χ1) is 4.63. The molecule has 0 fully saturated rings. The van der Waals surface area contributed by atoms with Gasteiger partial charge in [-0.1, -0.05) is 29.3 Å². The first kappa shape index (κ1) is 10.6. The number of halogens is 1. The molecule has 0 saturated heterocycles. The molecule has 2 atom stereocenters. The van der Waals surface area contributed by atoms with Crippen molar-refractivity contribution in [1.82, 2.24) is 0 Å². The Morgan fingerprint density at radius 1 is 1.60 bits per heavy atom. The van der Waals surface area contributed by atoms with Gasteiger partial charge >= 0.3 is 0 Å². The lowest BCUT2D eigenvalue weighted by Crippen LogP contribution is -1.96. The van der Waals surface area contributed by atoms with Crippen LogP contribution < -0.4 is 0 Å². The Bertz CT molecular complexity index is 106. The Morgan fingerprint density at radius 2 is 2.20 bits per heavy atom. The van der Waals surface area contributed by atoms with E-state index in [-0.39, 0.29) is 0 Å². The molecule has 0 radical (unpaired) electrons. The zero-order valence-corrected chi connectivity index (χ0v) is 8.45. The van der Waals surface area contributed by atoms with E-state index in [1.165, 1.54) is 0 Å². The standard InChI is InChI=1S/C6H13BrO2S/c1-6(7)4-2-3-5-10(8)9/h6H,2-5H2,1H3,(H,8,9). The van der Waals surface area contributed by atoms with E-state index in [1.807, 2.05) is 0 Å². The predicted molar refractivity (Wildman–Crippen MR) is 47.9 cm³/mol. The van der Waals surface area contributed by atoms with Gasteiger partial charge in [0.15, 0.2) is 11.1 Å². The van der Waals surface area contributed by atoms with Crippen LogP contribution in [0.1, 0.15) is 26.2 Å². The summed E-state index contributed by atoms with van der Waals surface area (Å²) < 4.78 is 18.5. The van der Waals surface area contributed by atoms with Crippen molar-refractivity contribution in [2.75, 3.05) is 5.75 Å². The fourth-order valence-electron chi connectivity index (χ4n) is 0.651. The van der Waals surface area contributed by atoms with E-state index in [0.29, 0.717) is 10.6 Å². The summed E-state index contributed by atoms with van der Waals surface area (Å²) in [5.74, 6) is 0.416. The van der Waals surface area contributed by atoms with Crippen LogP contribution in [0.5, 0.6) is 0 Å². The molecular weight excluding hydrogens is 216 g/mol. The van der Waals surface area contributed by atoms with Gasteiger partial charge in [0, 0.05) is 10.6 Å². The van der Waals surface area contributed by atoms with Gasteiger partial charge in [0.1, 0.15) is 0 Å². The molecule has 62 valence electrons. The molecule has 0 aromatic rings. The van der Waals surface area contributed by atoms with Crippen LogP contribution in [0.2, 0.25) is 0 Å². The van der Waals surface area contributed by atoms with Gasteiger partial charge in [-0.25, -0.2) is 4.21 Å². The molecule has 2 unspecified atom stereocenters. The Balaban J connectivity index is 2.98. The molecule has 2 nitrogen and oxygen atoms in total. The van der Waals surface area contributed by atoms with Crippen molar-refractivity contribution in [2.24, 2.45) is 0 Å². The van der Waals surface area contributed by atoms with E-state index >= 15 is 0 Å². The quantitative estimate of drug-likeness (QED) is 0.445. The zero-order valence-electron chi connectivity index (χ0n) is 6.05. The van der Waals surface area contributed by atoms with Crippen LogP contribution in [0.25, 0.3) is 0 Å². The molecule has 4 heteroatoms. The summed E-state index contributed by atoms with van der Waals surface area (Å²) in [6.45, 7) is 2.08. The number of alkyl halides is 1. The van der Waals surface area contributed by atoms with Gasteiger partial charge in [-0.3, -0.25) is 0 Å². The molecule has 0 saturated carbocycles. The van der Waals surface area contributed by atoms with E-state index in [2.05, 4.69) is 22.9 Å². The number of hydrogen-bond acceptors (Lipinski definition) is 1. The molecule has 0 aromatic carbocycles. The second-order valence-corrected chi connectivity index (χ2v) is 4.92. The third-order valence-corrected chi connectivity index (χ3v) is 2.27. The number of rotatable bonds is 5. The molecule has 1 N–H and O–H groups in total. The molecule has 0 amide bonds. The number of hydrogen-bond donors (Lipinski definition) is 1. The van der Waals surface area contributed by atoms with Crippen molar-refractivity contribution in [3.8, 4) is 0 Å². The highest BCUT2D eigenvalue weighted by atomic mass is 79.9. The Hall–Kier alpha value is 0.590. The third-order valence-electron chi connectivity index (χ3n) is 1.17. The summed E-state index contributed by atoms with van der Waals surface area (Å²) in [5.41, 5.74) is 0. The fraction of sp³-hybridized carbons (Fsp3) is 1.00. The minimum Gasteiger partial charge on any atom is -0.306 e. The molecule has 0 rings (SSSR count). The SMILES string of the molecule is CC(Br)CCCCS(=O)O. The topological polar surface area (TPSA) is 37.3 Å². The zero-order chi connectivity index (χ0) is 7.98. The van der Waals surface area contributed by atoms with E-state index < -0.39 is 11.1 Å². The number of unbranched alkanes of at least 4 members (excludes halogenated alkanes) is 1. The molecule has 0 aliphatic heterocycles. The fourth-order valence-corrected chi connectivity index (χ4v) is 1.43. The molecule has 0 aliphatic rings. The van der Waals surface area contributed by atoms with Crippen molar-refractivity contribution < 1.29 is 8.76 Å². The van der Waals surface area contributed by atoms with E-state index in [1.54, 1.807) is 0 Å². The molecule has 0 spiro atoms. The van der Waals surface area contributed by atoms with Gasteiger partial charge in [-0.15, -0.1) is 0 Å². The van der Waals surface area contributed by atoms with Crippen LogP contribution in [0.15, 0.2) is 0 Å². The van der Waals surface area contributed by atoms with Crippen molar-refractivity contribution in [3.05, 3.63) is 0 Å². The van der Waals surface area contributed by atoms with Gasteiger partial charge in [-0.05, 0) is 12.8 Å². The summed E-state index contributed by atoms with van der Waals surface area (Å²) in [6, 6.07) is 0. The van der Waals surface area contributed by atoms with E-state index in [0.717, 1.165) is 19.3 Å². The first-order valence-corrected chi connectivity index (χ1v) is 5.53. The van der Waals surface area contributed by atoms with Gasteiger partial charge in [0.05, 0.1) is 0 Å². The predicted octanol–water partition coefficient (Wildman–Crippen LogP) is 2.16. The monoisotopic (exact) mass is 228 g/mol. The van der Waals surface area contributed by atoms with Crippen molar-refractivity contribution >= 4 is 27.0 Å². The molecule has 0 bridgehead atoms. The van der Waals surface area contributed by atoms with Gasteiger partial charge in [0.2, 0.25) is 0 Å². The van der Waals surface area contributed by atoms with E-state index in [9.17, 15) is 4.21 Å². The molecule has 0 heterocycles. The van der Waals surface area contributed by atoms with Crippen molar-refractivity contribution in [3.63, 3.8) is 0 Å². The summed E-state index contributed by atoms with van der Waals surface area (Å²) in [5, 5.41) is 0. The van der Waals surface area contributed by atoms with Crippen LogP contribution in [-0.4, -0.2) is 19.3 Å². The second-order valence-electron chi connectivity index (χ2n) is 2.30. The second kappa shape index (κ2) is 6.31. The largest absolute Gasteiger partial charge is 0.306 e. The van der Waals surface area contributed by atoms with Crippen LogP contribution in [0, 0.1) is 0 Å².